The van der Waals surface area contributed by atoms with E-state index in [2.05, 4.69) is 21.4 Å². The van der Waals surface area contributed by atoms with Crippen LogP contribution in [0.25, 0.3) is 0 Å². The van der Waals surface area contributed by atoms with Gasteiger partial charge >= 0.3 is 7.82 Å². The Bertz CT molecular complexity index is 651. The number of ether oxygens (including phenoxy) is 1. The lowest BCUT2D eigenvalue weighted by atomic mass is 10.1. The van der Waals surface area contributed by atoms with E-state index in [0.717, 1.165) is 0 Å². The highest BCUT2D eigenvalue weighted by Crippen LogP contribution is 2.35. The molecule has 0 spiro atoms. The molecule has 140 valence electrons. The molecule has 7 N–H and O–H groups in total. The van der Waals surface area contributed by atoms with E-state index in [9.17, 15) is 14.8 Å². The van der Waals surface area contributed by atoms with Crippen LogP contribution in [-0.4, -0.2) is 73.8 Å². The third-order valence-corrected chi connectivity index (χ3v) is 4.02. The van der Waals surface area contributed by atoms with E-state index in [1.807, 2.05) is 0 Å². The normalized spacial score (nSPS) is 29.7. The smallest absolute Gasteiger partial charge is 0.394 e. The van der Waals surface area contributed by atoms with E-state index in [1.54, 1.807) is 0 Å². The van der Waals surface area contributed by atoms with Crippen LogP contribution in [-0.2, 0) is 13.8 Å². The number of hydrogen-bond donors (Lipinski definition) is 6. The van der Waals surface area contributed by atoms with Gasteiger partial charge in [0.2, 0.25) is 6.35 Å². The molecule has 4 unspecified atom stereocenters. The van der Waals surface area contributed by atoms with Gasteiger partial charge in [0.1, 0.15) is 18.2 Å². The Morgan fingerprint density at radius 2 is 2.20 bits per heavy atom. The molecule has 0 radical (unpaired) electrons. The number of aliphatic hydroxyl groups is 3. The maximum atomic E-state index is 10.5. The Morgan fingerprint density at radius 1 is 1.48 bits per heavy atom. The van der Waals surface area contributed by atoms with Crippen LogP contribution in [0.15, 0.2) is 16.8 Å². The summed E-state index contributed by atoms with van der Waals surface area (Å²) >= 11 is 0. The summed E-state index contributed by atoms with van der Waals surface area (Å²) in [5.74, 6) is 5.29. The summed E-state index contributed by atoms with van der Waals surface area (Å²) in [7, 11) is -4.53. The van der Waals surface area contributed by atoms with Crippen LogP contribution in [0.2, 0.25) is 0 Å². The molecule has 25 heavy (non-hydrogen) atoms. The van der Waals surface area contributed by atoms with Crippen LogP contribution in [0.3, 0.4) is 0 Å². The lowest BCUT2D eigenvalue weighted by Crippen LogP contribution is -2.43. The number of hydrogen-bond acceptors (Lipinski definition) is 9. The topological polar surface area (TPSA) is 178 Å². The molecule has 0 aromatic carbocycles. The SMILES string of the molecule is NC1=NC(O)N(C2CC(O)C(CO)O2)C=C1C#CCCOP(=O)(O)O. The van der Waals surface area contributed by atoms with Gasteiger partial charge in [0.25, 0.3) is 0 Å². The molecule has 1 fully saturated rings. The fourth-order valence-electron chi connectivity index (χ4n) is 2.31. The molecule has 0 aromatic heterocycles. The number of nitrogens with two attached hydrogens (primary N) is 1. The summed E-state index contributed by atoms with van der Waals surface area (Å²) in [5.41, 5.74) is 5.97. The first-order valence-electron chi connectivity index (χ1n) is 7.35. The fourth-order valence-corrected chi connectivity index (χ4v) is 2.64. The maximum absolute atomic E-state index is 10.5. The third-order valence-electron chi connectivity index (χ3n) is 3.50. The number of rotatable bonds is 5. The van der Waals surface area contributed by atoms with Crippen LogP contribution in [0.5, 0.6) is 0 Å². The summed E-state index contributed by atoms with van der Waals surface area (Å²) in [6.07, 6.45) is -2.05. The Balaban J connectivity index is 2.02. The number of phosphoric acid groups is 1. The van der Waals surface area contributed by atoms with Crippen LogP contribution < -0.4 is 5.73 Å². The highest BCUT2D eigenvalue weighted by atomic mass is 31.2. The molecule has 0 aliphatic carbocycles. The number of amidine groups is 1. The van der Waals surface area contributed by atoms with Crippen LogP contribution >= 0.6 is 7.82 Å². The summed E-state index contributed by atoms with van der Waals surface area (Å²) in [6.45, 7) is -0.618. The Hall–Kier alpha value is -1.48. The van der Waals surface area contributed by atoms with Gasteiger partial charge < -0.3 is 40.5 Å². The van der Waals surface area contributed by atoms with E-state index in [0.29, 0.717) is 0 Å². The molecule has 0 bridgehead atoms. The molecule has 0 aromatic rings. The van der Waals surface area contributed by atoms with Crippen LogP contribution in [0.4, 0.5) is 0 Å². The van der Waals surface area contributed by atoms with Crippen LogP contribution in [0.1, 0.15) is 12.8 Å². The zero-order chi connectivity index (χ0) is 18.6. The number of aliphatic imine (C=N–C) groups is 1. The van der Waals surface area contributed by atoms with E-state index in [4.69, 9.17) is 25.4 Å². The van der Waals surface area contributed by atoms with E-state index < -0.39 is 32.6 Å². The monoisotopic (exact) mass is 377 g/mol. The van der Waals surface area contributed by atoms with Gasteiger partial charge in [-0.2, -0.15) is 0 Å². The minimum atomic E-state index is -4.53. The predicted octanol–water partition coefficient (Wildman–Crippen LogP) is -2.21. The highest BCUT2D eigenvalue weighted by molar-refractivity contribution is 7.46. The first-order chi connectivity index (χ1) is 11.7. The minimum Gasteiger partial charge on any atom is -0.394 e. The number of aliphatic hydroxyl groups excluding tert-OH is 3. The molecule has 2 aliphatic rings. The van der Waals surface area contributed by atoms with Gasteiger partial charge in [-0.05, 0) is 0 Å². The van der Waals surface area contributed by atoms with Gasteiger partial charge in [0, 0.05) is 19.0 Å². The van der Waals surface area contributed by atoms with Crippen molar-refractivity contribution < 1.29 is 38.9 Å². The van der Waals surface area contributed by atoms with E-state index in [-0.39, 0.29) is 37.5 Å². The lowest BCUT2D eigenvalue weighted by molar-refractivity contribution is -0.110. The quantitative estimate of drug-likeness (QED) is 0.175. The van der Waals surface area contributed by atoms with Crippen molar-refractivity contribution in [3.63, 3.8) is 0 Å². The standard InChI is InChI=1S/C13H20N3O8P/c14-12-8(3-1-2-4-23-25(20,21)22)6-16(13(19)15-12)11-5-9(18)10(7-17)24-11/h6,9-11,13,17-19H,2,4-5,7H2,(H2,14,15)(H2,20,21,22). The molecule has 0 amide bonds. The molecule has 1 saturated heterocycles. The van der Waals surface area contributed by atoms with Crippen molar-refractivity contribution in [2.24, 2.45) is 10.7 Å². The average molecular weight is 377 g/mol. The zero-order valence-electron chi connectivity index (χ0n) is 13.1. The Labute approximate surface area is 143 Å². The van der Waals surface area contributed by atoms with Gasteiger partial charge in [0.05, 0.1) is 24.9 Å². The van der Waals surface area contributed by atoms with Gasteiger partial charge in [-0.1, -0.05) is 11.8 Å². The highest BCUT2D eigenvalue weighted by Gasteiger charge is 2.39. The van der Waals surface area contributed by atoms with Gasteiger partial charge in [-0.3, -0.25) is 4.52 Å². The molecular weight excluding hydrogens is 357 g/mol. The summed E-state index contributed by atoms with van der Waals surface area (Å²) in [5, 5.41) is 28.9. The second kappa shape index (κ2) is 8.27. The largest absolute Gasteiger partial charge is 0.469 e. The molecule has 4 atom stereocenters. The molecule has 12 heteroatoms. The van der Waals surface area contributed by atoms with Crippen molar-refractivity contribution in [2.45, 2.75) is 37.6 Å². The van der Waals surface area contributed by atoms with Crippen molar-refractivity contribution in [3.8, 4) is 11.8 Å². The molecule has 2 aliphatic heterocycles. The second-order valence-corrected chi connectivity index (χ2v) is 6.58. The Kier molecular flexibility index (Phi) is 6.56. The molecule has 0 saturated carbocycles. The lowest BCUT2D eigenvalue weighted by Gasteiger charge is -2.32. The predicted molar refractivity (Wildman–Crippen MR) is 84.3 cm³/mol. The molecular formula is C13H20N3O8P. The first kappa shape index (κ1) is 19.8. The van der Waals surface area contributed by atoms with Gasteiger partial charge in [0.15, 0.2) is 0 Å². The molecule has 11 nitrogen and oxygen atoms in total. The molecule has 2 rings (SSSR count). The van der Waals surface area contributed by atoms with Gasteiger partial charge in [-0.15, -0.1) is 0 Å². The van der Waals surface area contributed by atoms with Crippen molar-refractivity contribution in [3.05, 3.63) is 11.8 Å². The van der Waals surface area contributed by atoms with Crippen molar-refractivity contribution in [2.75, 3.05) is 13.2 Å². The summed E-state index contributed by atoms with van der Waals surface area (Å²) in [4.78, 5) is 22.3. The van der Waals surface area contributed by atoms with E-state index in [1.165, 1.54) is 11.1 Å². The Morgan fingerprint density at radius 3 is 2.80 bits per heavy atom. The average Bonchev–Trinajstić information content (AvgIpc) is 2.88. The first-order valence-corrected chi connectivity index (χ1v) is 8.88. The minimum absolute atomic E-state index is 0.00981. The van der Waals surface area contributed by atoms with E-state index >= 15 is 0 Å². The maximum Gasteiger partial charge on any atom is 0.469 e. The van der Waals surface area contributed by atoms with Crippen molar-refractivity contribution in [1.29, 1.82) is 0 Å². The summed E-state index contributed by atoms with van der Waals surface area (Å²) < 4.78 is 20.3. The zero-order valence-corrected chi connectivity index (χ0v) is 14.0. The summed E-state index contributed by atoms with van der Waals surface area (Å²) in [6, 6.07) is 0. The van der Waals surface area contributed by atoms with Crippen molar-refractivity contribution >= 4 is 13.7 Å². The third kappa shape index (κ3) is 5.50. The number of phosphoric ester groups is 1. The van der Waals surface area contributed by atoms with Crippen molar-refractivity contribution in [1.82, 2.24) is 4.90 Å². The second-order valence-electron chi connectivity index (χ2n) is 5.34. The van der Waals surface area contributed by atoms with Crippen LogP contribution in [0, 0.1) is 11.8 Å². The molecule has 2 heterocycles. The number of nitrogens with zero attached hydrogens (tertiary/aromatic N) is 2. The fraction of sp³-hybridized carbons (Fsp3) is 0.615. The van der Waals surface area contributed by atoms with Gasteiger partial charge in [-0.25, -0.2) is 9.56 Å².